The highest BCUT2D eigenvalue weighted by Gasteiger charge is 2.22. The summed E-state index contributed by atoms with van der Waals surface area (Å²) in [5, 5.41) is 14.3. The minimum Gasteiger partial charge on any atom is -0.457 e. The lowest BCUT2D eigenvalue weighted by Gasteiger charge is -2.30. The Morgan fingerprint density at radius 3 is 2.19 bits per heavy atom. The molecule has 0 unspecified atom stereocenters. The van der Waals surface area contributed by atoms with Gasteiger partial charge in [0.15, 0.2) is 0 Å². The summed E-state index contributed by atoms with van der Waals surface area (Å²) in [5.41, 5.74) is 3.72. The molecule has 3 aromatic carbocycles. The van der Waals surface area contributed by atoms with E-state index in [4.69, 9.17) is 14.7 Å². The Kier molecular flexibility index (Phi) is 6.35. The van der Waals surface area contributed by atoms with Crippen molar-refractivity contribution in [2.75, 3.05) is 23.3 Å². The zero-order valence-electron chi connectivity index (χ0n) is 20.3. The third-order valence-corrected chi connectivity index (χ3v) is 6.52. The molecule has 184 valence electrons. The van der Waals surface area contributed by atoms with Crippen molar-refractivity contribution in [2.45, 2.75) is 18.9 Å². The third-order valence-electron chi connectivity index (χ3n) is 6.52. The number of anilines is 3. The largest absolute Gasteiger partial charge is 0.457 e. The van der Waals surface area contributed by atoms with E-state index in [0.29, 0.717) is 37.7 Å². The maximum Gasteiger partial charge on any atom is 0.227 e. The van der Waals surface area contributed by atoms with Gasteiger partial charge in [-0.2, -0.15) is 4.98 Å². The van der Waals surface area contributed by atoms with Gasteiger partial charge in [0.1, 0.15) is 17.3 Å². The van der Waals surface area contributed by atoms with Gasteiger partial charge in [-0.25, -0.2) is 4.98 Å². The Labute approximate surface area is 215 Å². The first-order valence-corrected chi connectivity index (χ1v) is 12.5. The van der Waals surface area contributed by atoms with Crippen LogP contribution in [-0.2, 0) is 0 Å². The Hall–Kier alpha value is -4.49. The zero-order valence-corrected chi connectivity index (χ0v) is 20.3. The zero-order chi connectivity index (χ0) is 25.0. The average molecular weight is 490 g/mol. The van der Waals surface area contributed by atoms with Crippen LogP contribution in [0.3, 0.4) is 0 Å². The number of nitrogens with one attached hydrogen (secondary N) is 1. The number of hydrogen-bond donors (Lipinski definition) is 2. The molecule has 7 nitrogen and oxygen atoms in total. The molecular formula is C30H27N5O2. The van der Waals surface area contributed by atoms with Crippen LogP contribution in [0.2, 0.25) is 0 Å². The lowest BCUT2D eigenvalue weighted by Crippen LogP contribution is -2.37. The third kappa shape index (κ3) is 5.08. The molecule has 1 aliphatic rings. The Morgan fingerprint density at radius 1 is 0.784 bits per heavy atom. The normalized spacial score (nSPS) is 14.0. The summed E-state index contributed by atoms with van der Waals surface area (Å²) < 4.78 is 5.94. The number of aliphatic hydroxyl groups excluding tert-OH is 1. The van der Waals surface area contributed by atoms with Gasteiger partial charge >= 0.3 is 0 Å². The van der Waals surface area contributed by atoms with Crippen molar-refractivity contribution in [2.24, 2.45) is 0 Å². The molecule has 0 spiro atoms. The van der Waals surface area contributed by atoms with E-state index in [1.54, 1.807) is 6.20 Å². The summed E-state index contributed by atoms with van der Waals surface area (Å²) in [6.07, 6.45) is 4.80. The number of piperidine rings is 1. The summed E-state index contributed by atoms with van der Waals surface area (Å²) in [5.74, 6) is 2.88. The number of aromatic nitrogens is 3. The van der Waals surface area contributed by atoms with Crippen LogP contribution < -0.4 is 15.0 Å². The minimum atomic E-state index is -0.269. The first-order chi connectivity index (χ1) is 18.2. The van der Waals surface area contributed by atoms with E-state index in [-0.39, 0.29) is 6.10 Å². The predicted molar refractivity (Wildman–Crippen MR) is 146 cm³/mol. The van der Waals surface area contributed by atoms with Gasteiger partial charge in [-0.05, 0) is 54.8 Å². The molecule has 0 amide bonds. The molecule has 7 heteroatoms. The lowest BCUT2D eigenvalue weighted by atomic mass is 10.1. The van der Waals surface area contributed by atoms with Gasteiger partial charge in [0, 0.05) is 36.7 Å². The average Bonchev–Trinajstić information content (AvgIpc) is 2.95. The van der Waals surface area contributed by atoms with E-state index < -0.39 is 0 Å². The highest BCUT2D eigenvalue weighted by molar-refractivity contribution is 5.99. The van der Waals surface area contributed by atoms with E-state index in [9.17, 15) is 5.11 Å². The second-order valence-corrected chi connectivity index (χ2v) is 9.10. The Balaban J connectivity index is 1.37. The standard InChI is InChI=1S/C30H27N5O2/c36-23-15-17-35(18-16-23)30-33-28-26(21-7-3-1-4-8-21)19-31-20-27(28)29(34-30)32-22-11-13-25(14-12-22)37-24-9-5-2-6-10-24/h1-14,19-20,23,36H,15-18H2,(H,32,33,34). The second-order valence-electron chi connectivity index (χ2n) is 9.10. The number of pyridine rings is 1. The van der Waals surface area contributed by atoms with Gasteiger partial charge in [0.25, 0.3) is 0 Å². The van der Waals surface area contributed by atoms with Gasteiger partial charge in [0.2, 0.25) is 5.95 Å². The van der Waals surface area contributed by atoms with Gasteiger partial charge in [-0.3, -0.25) is 4.98 Å². The molecule has 0 radical (unpaired) electrons. The van der Waals surface area contributed by atoms with Gasteiger partial charge in [0.05, 0.1) is 17.0 Å². The molecule has 0 bridgehead atoms. The van der Waals surface area contributed by atoms with E-state index in [0.717, 1.165) is 39.2 Å². The van der Waals surface area contributed by atoms with E-state index in [2.05, 4.69) is 27.3 Å². The summed E-state index contributed by atoms with van der Waals surface area (Å²) in [6.45, 7) is 1.42. The van der Waals surface area contributed by atoms with Crippen LogP contribution in [0, 0.1) is 0 Å². The number of aliphatic hydroxyl groups is 1. The Morgan fingerprint density at radius 2 is 1.46 bits per heavy atom. The molecule has 0 saturated carbocycles. The van der Waals surface area contributed by atoms with Crippen molar-refractivity contribution in [1.29, 1.82) is 0 Å². The summed E-state index contributed by atoms with van der Waals surface area (Å²) in [4.78, 5) is 16.6. The number of hydrogen-bond acceptors (Lipinski definition) is 7. The van der Waals surface area contributed by atoms with Crippen LogP contribution in [0.5, 0.6) is 11.5 Å². The molecule has 1 aliphatic heterocycles. The van der Waals surface area contributed by atoms with Crippen molar-refractivity contribution in [3.8, 4) is 22.6 Å². The SMILES string of the molecule is OC1CCN(c2nc(Nc3ccc(Oc4ccccc4)cc3)c3cncc(-c4ccccc4)c3n2)CC1. The fourth-order valence-corrected chi connectivity index (χ4v) is 4.53. The van der Waals surface area contributed by atoms with Crippen LogP contribution in [0.25, 0.3) is 22.0 Å². The summed E-state index contributed by atoms with van der Waals surface area (Å²) in [7, 11) is 0. The van der Waals surface area contributed by atoms with Crippen LogP contribution in [0.1, 0.15) is 12.8 Å². The maximum atomic E-state index is 10.0. The lowest BCUT2D eigenvalue weighted by molar-refractivity contribution is 0.145. The number of fused-ring (bicyclic) bond motifs is 1. The van der Waals surface area contributed by atoms with Crippen molar-refractivity contribution in [3.05, 3.63) is 97.3 Å². The van der Waals surface area contributed by atoms with Crippen molar-refractivity contribution < 1.29 is 9.84 Å². The number of ether oxygens (including phenoxy) is 1. The predicted octanol–water partition coefficient (Wildman–Crippen LogP) is 6.19. The molecule has 3 heterocycles. The van der Waals surface area contributed by atoms with Crippen LogP contribution in [0.4, 0.5) is 17.5 Å². The maximum absolute atomic E-state index is 10.0. The van der Waals surface area contributed by atoms with Crippen molar-refractivity contribution >= 4 is 28.4 Å². The minimum absolute atomic E-state index is 0.269. The van der Waals surface area contributed by atoms with E-state index >= 15 is 0 Å². The molecule has 2 N–H and O–H groups in total. The first-order valence-electron chi connectivity index (χ1n) is 12.5. The topological polar surface area (TPSA) is 83.4 Å². The Bertz CT molecular complexity index is 1490. The molecule has 0 aliphatic carbocycles. The van der Waals surface area contributed by atoms with Gasteiger partial charge in [-0.1, -0.05) is 48.5 Å². The molecule has 2 aromatic heterocycles. The van der Waals surface area contributed by atoms with E-state index in [1.165, 1.54) is 0 Å². The molecular weight excluding hydrogens is 462 g/mol. The molecule has 0 atom stereocenters. The number of para-hydroxylation sites is 1. The molecule has 5 aromatic rings. The number of rotatable bonds is 6. The molecule has 37 heavy (non-hydrogen) atoms. The van der Waals surface area contributed by atoms with Gasteiger partial charge < -0.3 is 20.1 Å². The number of benzene rings is 3. The highest BCUT2D eigenvalue weighted by atomic mass is 16.5. The molecule has 1 fully saturated rings. The highest BCUT2D eigenvalue weighted by Crippen LogP contribution is 2.33. The number of nitrogens with zero attached hydrogens (tertiary/aromatic N) is 4. The van der Waals surface area contributed by atoms with Crippen LogP contribution in [-0.4, -0.2) is 39.3 Å². The quantitative estimate of drug-likeness (QED) is 0.294. The second kappa shape index (κ2) is 10.2. The summed E-state index contributed by atoms with van der Waals surface area (Å²) in [6, 6.07) is 27.7. The fraction of sp³-hybridized carbons (Fsp3) is 0.167. The smallest absolute Gasteiger partial charge is 0.227 e. The first kappa shape index (κ1) is 22.9. The monoisotopic (exact) mass is 489 g/mol. The van der Waals surface area contributed by atoms with E-state index in [1.807, 2.05) is 79.0 Å². The van der Waals surface area contributed by atoms with Crippen LogP contribution >= 0.6 is 0 Å². The van der Waals surface area contributed by atoms with Crippen LogP contribution in [0.15, 0.2) is 97.3 Å². The van der Waals surface area contributed by atoms with Crippen molar-refractivity contribution in [1.82, 2.24) is 15.0 Å². The molecule has 1 saturated heterocycles. The molecule has 6 rings (SSSR count). The fourth-order valence-electron chi connectivity index (χ4n) is 4.53. The summed E-state index contributed by atoms with van der Waals surface area (Å²) >= 11 is 0. The van der Waals surface area contributed by atoms with Crippen molar-refractivity contribution in [3.63, 3.8) is 0 Å². The van der Waals surface area contributed by atoms with Gasteiger partial charge in [-0.15, -0.1) is 0 Å².